The minimum atomic E-state index is -4.16. The fourth-order valence-corrected chi connectivity index (χ4v) is 5.96. The zero-order valence-electron chi connectivity index (χ0n) is 22.3. The van der Waals surface area contributed by atoms with Crippen molar-refractivity contribution < 1.29 is 27.5 Å². The summed E-state index contributed by atoms with van der Waals surface area (Å²) in [5.74, 6) is 0.0599. The minimum Gasteiger partial charge on any atom is -0.486 e. The number of likely N-dealkylation sites (N-methyl/N-ethyl adjacent to an activating group) is 1. The third-order valence-corrected chi connectivity index (χ3v) is 8.28. The summed E-state index contributed by atoms with van der Waals surface area (Å²) in [6, 6.07) is 19.6. The molecule has 1 heterocycles. The molecule has 0 fully saturated rings. The average Bonchev–Trinajstić information content (AvgIpc) is 2.95. The van der Waals surface area contributed by atoms with Gasteiger partial charge in [-0.2, -0.15) is 0 Å². The van der Waals surface area contributed by atoms with Crippen molar-refractivity contribution in [2.75, 3.05) is 31.1 Å². The van der Waals surface area contributed by atoms with Gasteiger partial charge in [0.1, 0.15) is 25.8 Å². The molecule has 4 rings (SSSR count). The molecule has 1 atom stereocenters. The summed E-state index contributed by atoms with van der Waals surface area (Å²) in [5.41, 5.74) is 2.10. The van der Waals surface area contributed by atoms with Gasteiger partial charge >= 0.3 is 0 Å². The van der Waals surface area contributed by atoms with Crippen molar-refractivity contribution >= 4 is 27.5 Å². The number of hydrogen-bond donors (Lipinski definition) is 1. The van der Waals surface area contributed by atoms with Crippen molar-refractivity contribution in [2.45, 2.75) is 37.8 Å². The van der Waals surface area contributed by atoms with Gasteiger partial charge in [-0.1, -0.05) is 55.0 Å². The zero-order chi connectivity index (χ0) is 28.0. The number of nitrogens with one attached hydrogen (secondary N) is 1. The number of ether oxygens (including phenoxy) is 2. The molecule has 0 spiro atoms. The van der Waals surface area contributed by atoms with Crippen molar-refractivity contribution in [3.05, 3.63) is 83.9 Å². The van der Waals surface area contributed by atoms with Gasteiger partial charge in [0.25, 0.3) is 10.0 Å². The highest BCUT2D eigenvalue weighted by molar-refractivity contribution is 7.92. The summed E-state index contributed by atoms with van der Waals surface area (Å²) in [6.45, 7) is 4.11. The van der Waals surface area contributed by atoms with Crippen LogP contribution in [0.4, 0.5) is 5.69 Å². The molecule has 1 N–H and O–H groups in total. The van der Waals surface area contributed by atoms with Gasteiger partial charge in [0.05, 0.1) is 10.6 Å². The van der Waals surface area contributed by atoms with E-state index >= 15 is 0 Å². The van der Waals surface area contributed by atoms with E-state index < -0.39 is 28.5 Å². The van der Waals surface area contributed by atoms with Gasteiger partial charge in [0.15, 0.2) is 11.5 Å². The van der Waals surface area contributed by atoms with Crippen LogP contribution in [0.3, 0.4) is 0 Å². The van der Waals surface area contributed by atoms with Crippen LogP contribution in [0.5, 0.6) is 11.5 Å². The van der Waals surface area contributed by atoms with Crippen LogP contribution >= 0.6 is 0 Å². The number of hydrogen-bond acceptors (Lipinski definition) is 6. The Morgan fingerprint density at radius 1 is 0.949 bits per heavy atom. The molecule has 0 saturated heterocycles. The predicted octanol–water partition coefficient (Wildman–Crippen LogP) is 3.51. The van der Waals surface area contributed by atoms with Crippen LogP contribution in [0.2, 0.25) is 0 Å². The summed E-state index contributed by atoms with van der Waals surface area (Å²) in [6.07, 6.45) is 0.354. The van der Waals surface area contributed by atoms with Gasteiger partial charge in [0, 0.05) is 19.7 Å². The van der Waals surface area contributed by atoms with Crippen molar-refractivity contribution in [1.82, 2.24) is 10.2 Å². The Bertz CT molecular complexity index is 1430. The molecule has 2 amide bonds. The Labute approximate surface area is 229 Å². The van der Waals surface area contributed by atoms with Crippen molar-refractivity contribution in [1.29, 1.82) is 0 Å². The summed E-state index contributed by atoms with van der Waals surface area (Å²) in [4.78, 5) is 28.3. The summed E-state index contributed by atoms with van der Waals surface area (Å²) < 4.78 is 40.1. The summed E-state index contributed by atoms with van der Waals surface area (Å²) in [5, 5.41) is 2.63. The van der Waals surface area contributed by atoms with E-state index in [2.05, 4.69) is 5.32 Å². The van der Waals surface area contributed by atoms with Crippen LogP contribution in [0.1, 0.15) is 24.5 Å². The lowest BCUT2D eigenvalue weighted by Crippen LogP contribution is -2.51. The fourth-order valence-electron chi connectivity index (χ4n) is 4.53. The lowest BCUT2D eigenvalue weighted by atomic mass is 10.1. The molecule has 0 aliphatic carbocycles. The molecule has 206 valence electrons. The van der Waals surface area contributed by atoms with Crippen LogP contribution in [0.25, 0.3) is 0 Å². The number of nitrogens with zero attached hydrogens (tertiary/aromatic N) is 2. The number of carbonyl (C=O) groups excluding carboxylic acids is 2. The van der Waals surface area contributed by atoms with Crippen molar-refractivity contribution in [3.63, 3.8) is 0 Å². The molecule has 0 bridgehead atoms. The monoisotopic (exact) mass is 551 g/mol. The van der Waals surface area contributed by atoms with Gasteiger partial charge in [-0.3, -0.25) is 13.9 Å². The van der Waals surface area contributed by atoms with E-state index in [1.165, 1.54) is 24.1 Å². The van der Waals surface area contributed by atoms with E-state index in [4.69, 9.17) is 9.47 Å². The maximum atomic E-state index is 14.0. The Hall–Kier alpha value is -4.05. The highest BCUT2D eigenvalue weighted by Gasteiger charge is 2.34. The molecule has 0 aromatic heterocycles. The molecule has 39 heavy (non-hydrogen) atoms. The lowest BCUT2D eigenvalue weighted by molar-refractivity contribution is -0.140. The van der Waals surface area contributed by atoms with E-state index in [1.54, 1.807) is 36.4 Å². The van der Waals surface area contributed by atoms with Crippen LogP contribution in [-0.2, 0) is 26.2 Å². The Balaban J connectivity index is 1.76. The molecule has 0 saturated carbocycles. The van der Waals surface area contributed by atoms with Gasteiger partial charge < -0.3 is 19.7 Å². The maximum Gasteiger partial charge on any atom is 0.264 e. The molecule has 10 heteroatoms. The van der Waals surface area contributed by atoms with Gasteiger partial charge in [-0.25, -0.2) is 8.42 Å². The molecule has 3 aromatic rings. The molecular formula is C29H33N3O6S. The number of sulfonamides is 1. The SMILES string of the molecule is CCC(C(=O)NC)N(Cc1cccc(C)c1)C(=O)CN(c1ccc2c(c1)OCCO2)S(=O)(=O)c1ccccc1. The number of fused-ring (bicyclic) bond motifs is 1. The van der Waals surface area contributed by atoms with Gasteiger partial charge in [0.2, 0.25) is 11.8 Å². The number of anilines is 1. The van der Waals surface area contributed by atoms with E-state index in [0.717, 1.165) is 15.4 Å². The van der Waals surface area contributed by atoms with E-state index in [9.17, 15) is 18.0 Å². The third kappa shape index (κ3) is 6.34. The highest BCUT2D eigenvalue weighted by Crippen LogP contribution is 2.36. The van der Waals surface area contributed by atoms with E-state index in [-0.39, 0.29) is 23.0 Å². The molecule has 0 radical (unpaired) electrons. The first-order valence-electron chi connectivity index (χ1n) is 12.8. The first-order valence-corrected chi connectivity index (χ1v) is 14.2. The fraction of sp³-hybridized carbons (Fsp3) is 0.310. The number of benzene rings is 3. The largest absolute Gasteiger partial charge is 0.486 e. The molecule has 3 aromatic carbocycles. The first kappa shape index (κ1) is 28.0. The second kappa shape index (κ2) is 12.2. The average molecular weight is 552 g/mol. The third-order valence-electron chi connectivity index (χ3n) is 6.49. The maximum absolute atomic E-state index is 14.0. The summed E-state index contributed by atoms with van der Waals surface area (Å²) >= 11 is 0. The first-order chi connectivity index (χ1) is 18.7. The number of aryl methyl sites for hydroxylation is 1. The second-order valence-electron chi connectivity index (χ2n) is 9.20. The normalized spacial score (nSPS) is 13.3. The molecule has 9 nitrogen and oxygen atoms in total. The molecule has 1 aliphatic rings. The molecular weight excluding hydrogens is 518 g/mol. The predicted molar refractivity (Wildman–Crippen MR) is 148 cm³/mol. The topological polar surface area (TPSA) is 105 Å². The van der Waals surface area contributed by atoms with Crippen LogP contribution in [0.15, 0.2) is 77.7 Å². The van der Waals surface area contributed by atoms with Crippen molar-refractivity contribution in [2.24, 2.45) is 0 Å². The van der Waals surface area contributed by atoms with Gasteiger partial charge in [-0.15, -0.1) is 0 Å². The quantitative estimate of drug-likeness (QED) is 0.414. The second-order valence-corrected chi connectivity index (χ2v) is 11.1. The minimum absolute atomic E-state index is 0.0382. The Kier molecular flexibility index (Phi) is 8.75. The number of carbonyl (C=O) groups is 2. The van der Waals surface area contributed by atoms with Gasteiger partial charge in [-0.05, 0) is 43.2 Å². The highest BCUT2D eigenvalue weighted by atomic mass is 32.2. The van der Waals surface area contributed by atoms with E-state index in [1.807, 2.05) is 38.1 Å². The van der Waals surface area contributed by atoms with Crippen molar-refractivity contribution in [3.8, 4) is 11.5 Å². The summed E-state index contributed by atoms with van der Waals surface area (Å²) in [7, 11) is -2.64. The standard InChI is InChI=1S/C29H33N3O6S/c1-4-25(29(34)30-3)31(19-22-10-8-9-21(2)17-22)28(33)20-32(39(35,36)24-11-6-5-7-12-24)23-13-14-26-27(18-23)38-16-15-37-26/h5-14,17-18,25H,4,15-16,19-20H2,1-3H3,(H,30,34). The van der Waals surface area contributed by atoms with Crippen LogP contribution in [-0.4, -0.2) is 58.0 Å². The van der Waals surface area contributed by atoms with E-state index in [0.29, 0.717) is 31.1 Å². The number of rotatable bonds is 10. The zero-order valence-corrected chi connectivity index (χ0v) is 23.1. The Morgan fingerprint density at radius 2 is 1.67 bits per heavy atom. The number of amides is 2. The van der Waals surface area contributed by atoms with Crippen LogP contribution < -0.4 is 19.1 Å². The molecule has 1 aliphatic heterocycles. The molecule has 1 unspecified atom stereocenters. The Morgan fingerprint density at radius 3 is 2.33 bits per heavy atom. The lowest BCUT2D eigenvalue weighted by Gasteiger charge is -2.33. The smallest absolute Gasteiger partial charge is 0.264 e. The van der Waals surface area contributed by atoms with Crippen LogP contribution in [0, 0.1) is 6.92 Å².